The molecule has 5 nitrogen and oxygen atoms in total. The molecule has 1 aliphatic heterocycles. The lowest BCUT2D eigenvalue weighted by molar-refractivity contribution is 0.102. The van der Waals surface area contributed by atoms with E-state index in [0.29, 0.717) is 16.6 Å². The number of benzene rings is 1. The van der Waals surface area contributed by atoms with E-state index >= 15 is 0 Å². The average Bonchev–Trinajstić information content (AvgIpc) is 2.98. The summed E-state index contributed by atoms with van der Waals surface area (Å²) in [6.07, 6.45) is 2.48. The van der Waals surface area contributed by atoms with E-state index < -0.39 is 0 Å². The van der Waals surface area contributed by atoms with Crippen molar-refractivity contribution in [3.05, 3.63) is 40.1 Å². The summed E-state index contributed by atoms with van der Waals surface area (Å²) in [6, 6.07) is 5.64. The molecular formula is C16H19FN4OS. The monoisotopic (exact) mass is 334 g/mol. The molecule has 1 saturated heterocycles. The van der Waals surface area contributed by atoms with Crippen molar-refractivity contribution < 1.29 is 9.18 Å². The van der Waals surface area contributed by atoms with Crippen LogP contribution in [0, 0.1) is 11.7 Å². The van der Waals surface area contributed by atoms with E-state index in [-0.39, 0.29) is 11.7 Å². The molecule has 0 saturated carbocycles. The third-order valence-electron chi connectivity index (χ3n) is 3.86. The molecule has 122 valence electrons. The van der Waals surface area contributed by atoms with Crippen LogP contribution in [0.25, 0.3) is 0 Å². The van der Waals surface area contributed by atoms with E-state index in [0.717, 1.165) is 24.6 Å². The lowest BCUT2D eigenvalue weighted by atomic mass is 10.0. The summed E-state index contributed by atoms with van der Waals surface area (Å²) in [6.45, 7) is 5.14. The van der Waals surface area contributed by atoms with Crippen LogP contribution >= 0.6 is 11.3 Å². The quantitative estimate of drug-likeness (QED) is 0.933. The Bertz CT molecular complexity index is 673. The first kappa shape index (κ1) is 16.0. The summed E-state index contributed by atoms with van der Waals surface area (Å²) in [5, 5.41) is 12.0. The zero-order chi connectivity index (χ0) is 16.2. The van der Waals surface area contributed by atoms with Crippen molar-refractivity contribution in [2.75, 3.05) is 18.4 Å². The summed E-state index contributed by atoms with van der Waals surface area (Å²) >= 11 is 1.31. The molecule has 1 N–H and O–H groups in total. The van der Waals surface area contributed by atoms with Gasteiger partial charge in [0.15, 0.2) is 0 Å². The van der Waals surface area contributed by atoms with Gasteiger partial charge in [-0.2, -0.15) is 0 Å². The van der Waals surface area contributed by atoms with E-state index in [1.165, 1.54) is 48.4 Å². The maximum Gasteiger partial charge on any atom is 0.286 e. The van der Waals surface area contributed by atoms with Gasteiger partial charge in [0.2, 0.25) is 5.01 Å². The minimum Gasteiger partial charge on any atom is -0.320 e. The summed E-state index contributed by atoms with van der Waals surface area (Å²) in [5.41, 5.74) is 0.540. The Morgan fingerprint density at radius 2 is 2.17 bits per heavy atom. The molecule has 1 atom stereocenters. The first-order valence-corrected chi connectivity index (χ1v) is 8.53. The van der Waals surface area contributed by atoms with Crippen LogP contribution in [0.3, 0.4) is 0 Å². The molecule has 1 aromatic carbocycles. The van der Waals surface area contributed by atoms with Crippen molar-refractivity contribution in [2.24, 2.45) is 5.92 Å². The van der Waals surface area contributed by atoms with Crippen LogP contribution in [0.15, 0.2) is 24.3 Å². The van der Waals surface area contributed by atoms with Gasteiger partial charge in [0.1, 0.15) is 10.8 Å². The molecule has 0 bridgehead atoms. The number of hydrogen-bond donors (Lipinski definition) is 1. The van der Waals surface area contributed by atoms with E-state index in [4.69, 9.17) is 0 Å². The summed E-state index contributed by atoms with van der Waals surface area (Å²) in [5.74, 6) is 0.0576. The topological polar surface area (TPSA) is 58.1 Å². The minimum absolute atomic E-state index is 0.313. The van der Waals surface area contributed by atoms with Gasteiger partial charge in [-0.1, -0.05) is 18.3 Å². The zero-order valence-electron chi connectivity index (χ0n) is 13.0. The van der Waals surface area contributed by atoms with Gasteiger partial charge >= 0.3 is 0 Å². The van der Waals surface area contributed by atoms with Crippen LogP contribution < -0.4 is 5.32 Å². The number of carbonyl (C=O) groups excluding carboxylic acids is 1. The van der Waals surface area contributed by atoms with Crippen LogP contribution in [0.5, 0.6) is 0 Å². The molecule has 1 fully saturated rings. The van der Waals surface area contributed by atoms with Crippen molar-refractivity contribution in [2.45, 2.75) is 26.3 Å². The molecule has 2 heterocycles. The Hall–Kier alpha value is -1.86. The maximum atomic E-state index is 12.9. The number of aromatic nitrogens is 2. The highest BCUT2D eigenvalue weighted by Gasteiger charge is 2.19. The Kier molecular flexibility index (Phi) is 4.97. The molecule has 1 aromatic heterocycles. The van der Waals surface area contributed by atoms with E-state index in [2.05, 4.69) is 27.3 Å². The van der Waals surface area contributed by atoms with Gasteiger partial charge in [0.05, 0.1) is 6.54 Å². The van der Waals surface area contributed by atoms with Gasteiger partial charge in [0.25, 0.3) is 5.91 Å². The molecule has 0 spiro atoms. The first-order valence-electron chi connectivity index (χ1n) is 7.72. The minimum atomic E-state index is -0.336. The van der Waals surface area contributed by atoms with Crippen LogP contribution in [0.2, 0.25) is 0 Å². The predicted octanol–water partition coefficient (Wildman–Crippen LogP) is 3.16. The number of anilines is 1. The Morgan fingerprint density at radius 3 is 2.91 bits per heavy atom. The van der Waals surface area contributed by atoms with Crippen LogP contribution in [-0.2, 0) is 6.54 Å². The highest BCUT2D eigenvalue weighted by Crippen LogP contribution is 2.20. The Labute approximate surface area is 138 Å². The second-order valence-corrected chi connectivity index (χ2v) is 7.01. The van der Waals surface area contributed by atoms with Gasteiger partial charge in [-0.25, -0.2) is 4.39 Å². The van der Waals surface area contributed by atoms with Crippen LogP contribution in [0.4, 0.5) is 10.1 Å². The van der Waals surface area contributed by atoms with Crippen molar-refractivity contribution in [1.82, 2.24) is 15.1 Å². The molecule has 1 aliphatic rings. The molecule has 0 radical (unpaired) electrons. The lowest BCUT2D eigenvalue weighted by Gasteiger charge is -2.29. The molecule has 0 aliphatic carbocycles. The van der Waals surface area contributed by atoms with Crippen LogP contribution in [0.1, 0.15) is 34.6 Å². The van der Waals surface area contributed by atoms with Gasteiger partial charge < -0.3 is 5.32 Å². The van der Waals surface area contributed by atoms with Gasteiger partial charge in [-0.05, 0) is 49.6 Å². The normalized spacial score (nSPS) is 18.8. The van der Waals surface area contributed by atoms with Gasteiger partial charge in [0, 0.05) is 12.2 Å². The Morgan fingerprint density at radius 1 is 1.39 bits per heavy atom. The van der Waals surface area contributed by atoms with E-state index in [1.807, 2.05) is 0 Å². The molecular weight excluding hydrogens is 315 g/mol. The SMILES string of the molecule is C[C@@H]1CCCN(Cc2nnc(C(=O)Nc3ccc(F)cc3)s2)C1. The fraction of sp³-hybridized carbons (Fsp3) is 0.438. The highest BCUT2D eigenvalue weighted by molar-refractivity contribution is 7.13. The van der Waals surface area contributed by atoms with Crippen molar-refractivity contribution in [1.29, 1.82) is 0 Å². The van der Waals surface area contributed by atoms with Crippen LogP contribution in [-0.4, -0.2) is 34.1 Å². The molecule has 23 heavy (non-hydrogen) atoms. The summed E-state index contributed by atoms with van der Waals surface area (Å²) < 4.78 is 12.9. The maximum absolute atomic E-state index is 12.9. The highest BCUT2D eigenvalue weighted by atomic mass is 32.1. The fourth-order valence-electron chi connectivity index (χ4n) is 2.75. The molecule has 3 rings (SSSR count). The van der Waals surface area contributed by atoms with Crippen molar-refractivity contribution in [3.63, 3.8) is 0 Å². The largest absolute Gasteiger partial charge is 0.320 e. The van der Waals surface area contributed by atoms with Gasteiger partial charge in [-0.15, -0.1) is 10.2 Å². The number of hydrogen-bond acceptors (Lipinski definition) is 5. The van der Waals surface area contributed by atoms with Crippen molar-refractivity contribution >= 4 is 22.9 Å². The number of halogens is 1. The number of carbonyl (C=O) groups is 1. The second kappa shape index (κ2) is 7.14. The Balaban J connectivity index is 1.59. The number of piperidine rings is 1. The summed E-state index contributed by atoms with van der Waals surface area (Å²) in [4.78, 5) is 14.5. The smallest absolute Gasteiger partial charge is 0.286 e. The fourth-order valence-corrected chi connectivity index (χ4v) is 3.53. The molecule has 7 heteroatoms. The number of nitrogens with zero attached hydrogens (tertiary/aromatic N) is 3. The number of rotatable bonds is 4. The predicted molar refractivity (Wildman–Crippen MR) is 87.9 cm³/mol. The summed E-state index contributed by atoms with van der Waals surface area (Å²) in [7, 11) is 0. The third kappa shape index (κ3) is 4.33. The number of likely N-dealkylation sites (tertiary alicyclic amines) is 1. The standard InChI is InChI=1S/C16H19FN4OS/c1-11-3-2-8-21(9-11)10-14-19-20-16(23-14)15(22)18-13-6-4-12(17)5-7-13/h4-7,11H,2-3,8-10H2,1H3,(H,18,22)/t11-/m1/s1. The number of nitrogens with one attached hydrogen (secondary N) is 1. The zero-order valence-corrected chi connectivity index (χ0v) is 13.8. The van der Waals surface area contributed by atoms with Crippen molar-refractivity contribution in [3.8, 4) is 0 Å². The van der Waals surface area contributed by atoms with E-state index in [1.54, 1.807) is 0 Å². The number of amides is 1. The first-order chi connectivity index (χ1) is 11.1. The second-order valence-electron chi connectivity index (χ2n) is 5.94. The lowest BCUT2D eigenvalue weighted by Crippen LogP contribution is -2.33. The van der Waals surface area contributed by atoms with Gasteiger partial charge in [-0.3, -0.25) is 9.69 Å². The average molecular weight is 334 g/mol. The molecule has 1 amide bonds. The van der Waals surface area contributed by atoms with E-state index in [9.17, 15) is 9.18 Å². The third-order valence-corrected chi connectivity index (χ3v) is 4.77. The molecule has 2 aromatic rings. The molecule has 0 unspecified atom stereocenters.